The molecule has 1 aliphatic carbocycles. The van der Waals surface area contributed by atoms with Gasteiger partial charge in [-0.25, -0.2) is 8.42 Å². The van der Waals surface area contributed by atoms with E-state index in [1.807, 2.05) is 0 Å². The van der Waals surface area contributed by atoms with E-state index in [1.165, 1.54) is 38.5 Å². The summed E-state index contributed by atoms with van der Waals surface area (Å²) in [7, 11) is -2.83. The first-order valence-electron chi connectivity index (χ1n) is 10.9. The molecule has 3 heterocycles. The predicted molar refractivity (Wildman–Crippen MR) is 123 cm³/mol. The lowest BCUT2D eigenvalue weighted by molar-refractivity contribution is 0.0217. The Morgan fingerprint density at radius 2 is 1.86 bits per heavy atom. The van der Waals surface area contributed by atoms with Crippen molar-refractivity contribution in [3.05, 3.63) is 0 Å². The smallest absolute Gasteiger partial charge is 0.194 e. The number of aliphatic imine (C=N–C) groups is 1. The second-order valence-corrected chi connectivity index (χ2v) is 11.4. The third-order valence-electron chi connectivity index (χ3n) is 7.06. The van der Waals surface area contributed by atoms with Gasteiger partial charge >= 0.3 is 0 Å². The number of rotatable bonds is 3. The zero-order chi connectivity index (χ0) is 18.7. The van der Waals surface area contributed by atoms with Crippen molar-refractivity contribution in [3.8, 4) is 0 Å². The Labute approximate surface area is 187 Å². The van der Waals surface area contributed by atoms with E-state index in [0.29, 0.717) is 29.5 Å². The van der Waals surface area contributed by atoms with Crippen molar-refractivity contribution in [1.82, 2.24) is 10.2 Å². The number of nitrogens with zero attached hydrogens (tertiary/aromatic N) is 2. The quantitative estimate of drug-likeness (QED) is 0.349. The third kappa shape index (κ3) is 5.74. The maximum Gasteiger partial charge on any atom is 0.194 e. The summed E-state index contributed by atoms with van der Waals surface area (Å²) in [5, 5.41) is 3.76. The van der Waals surface area contributed by atoms with Crippen LogP contribution in [0.15, 0.2) is 4.99 Å². The Morgan fingerprint density at radius 3 is 2.54 bits per heavy atom. The van der Waals surface area contributed by atoms with Crippen LogP contribution in [-0.2, 0) is 14.6 Å². The van der Waals surface area contributed by atoms with Crippen LogP contribution in [-0.4, -0.2) is 69.7 Å². The molecule has 3 aliphatic heterocycles. The summed E-state index contributed by atoms with van der Waals surface area (Å²) >= 11 is 0. The van der Waals surface area contributed by atoms with Gasteiger partial charge in [-0.15, -0.1) is 24.0 Å². The summed E-state index contributed by atoms with van der Waals surface area (Å²) < 4.78 is 29.1. The van der Waals surface area contributed by atoms with Crippen LogP contribution in [0.5, 0.6) is 0 Å². The first-order valence-corrected chi connectivity index (χ1v) is 12.7. The molecule has 1 saturated carbocycles. The third-order valence-corrected chi connectivity index (χ3v) is 8.89. The summed E-state index contributed by atoms with van der Waals surface area (Å²) in [4.78, 5) is 7.41. The molecule has 0 bridgehead atoms. The van der Waals surface area contributed by atoms with Gasteiger partial charge in [-0.05, 0) is 49.9 Å². The van der Waals surface area contributed by atoms with Crippen molar-refractivity contribution in [3.63, 3.8) is 0 Å². The molecule has 4 aliphatic rings. The van der Waals surface area contributed by atoms with E-state index in [1.54, 1.807) is 0 Å². The van der Waals surface area contributed by atoms with E-state index in [9.17, 15) is 8.42 Å². The zero-order valence-corrected chi connectivity index (χ0v) is 20.1. The van der Waals surface area contributed by atoms with E-state index in [4.69, 9.17) is 9.73 Å². The van der Waals surface area contributed by atoms with E-state index in [-0.39, 0.29) is 29.9 Å². The molecule has 0 aromatic rings. The minimum Gasteiger partial charge on any atom is -0.381 e. The molecule has 1 atom stereocenters. The zero-order valence-electron chi connectivity index (χ0n) is 16.9. The Balaban J connectivity index is 0.00000225. The Morgan fingerprint density at radius 1 is 1.11 bits per heavy atom. The van der Waals surface area contributed by atoms with Gasteiger partial charge in [0.05, 0.1) is 11.5 Å². The number of nitrogens with one attached hydrogen (secondary N) is 1. The van der Waals surface area contributed by atoms with Crippen LogP contribution in [0.1, 0.15) is 57.8 Å². The summed E-state index contributed by atoms with van der Waals surface area (Å²) in [6.45, 7) is 4.53. The molecule has 4 rings (SSSR count). The number of likely N-dealkylation sites (tertiary alicyclic amines) is 1. The lowest BCUT2D eigenvalue weighted by Crippen LogP contribution is -2.47. The number of guanidine groups is 1. The van der Waals surface area contributed by atoms with E-state index < -0.39 is 9.84 Å². The van der Waals surface area contributed by atoms with Crippen molar-refractivity contribution in [2.24, 2.45) is 16.3 Å². The van der Waals surface area contributed by atoms with Crippen molar-refractivity contribution in [2.45, 2.75) is 63.8 Å². The molecule has 0 radical (unpaired) electrons. The number of sulfone groups is 1. The molecule has 3 saturated heterocycles. The van der Waals surface area contributed by atoms with Crippen molar-refractivity contribution in [1.29, 1.82) is 0 Å². The fourth-order valence-corrected chi connectivity index (χ4v) is 7.08. The van der Waals surface area contributed by atoms with E-state index >= 15 is 0 Å². The molecule has 1 unspecified atom stereocenters. The van der Waals surface area contributed by atoms with Crippen molar-refractivity contribution in [2.75, 3.05) is 44.4 Å². The van der Waals surface area contributed by atoms with Crippen LogP contribution in [0, 0.1) is 11.3 Å². The average molecular weight is 525 g/mol. The molecule has 1 N–H and O–H groups in total. The molecule has 28 heavy (non-hydrogen) atoms. The average Bonchev–Trinajstić information content (AvgIpc) is 3.23. The molecular formula is C20H36IN3O3S. The van der Waals surface area contributed by atoms with Gasteiger partial charge in [-0.1, -0.05) is 19.3 Å². The van der Waals surface area contributed by atoms with Gasteiger partial charge in [0, 0.05) is 38.9 Å². The Kier molecular flexibility index (Phi) is 7.92. The van der Waals surface area contributed by atoms with Crippen LogP contribution in [0.3, 0.4) is 0 Å². The van der Waals surface area contributed by atoms with Crippen LogP contribution in [0.4, 0.5) is 0 Å². The fourth-order valence-electron chi connectivity index (χ4n) is 5.23. The minimum atomic E-state index is -2.83. The van der Waals surface area contributed by atoms with Crippen LogP contribution < -0.4 is 5.32 Å². The lowest BCUT2D eigenvalue weighted by atomic mass is 9.80. The molecule has 8 heteroatoms. The molecule has 6 nitrogen and oxygen atoms in total. The summed E-state index contributed by atoms with van der Waals surface area (Å²) in [5.74, 6) is 1.88. The first kappa shape index (κ1) is 22.6. The van der Waals surface area contributed by atoms with Gasteiger partial charge in [0.1, 0.15) is 0 Å². The predicted octanol–water partition coefficient (Wildman–Crippen LogP) is 2.82. The van der Waals surface area contributed by atoms with Gasteiger partial charge in [0.2, 0.25) is 0 Å². The number of hydrogen-bond donors (Lipinski definition) is 1. The highest BCUT2D eigenvalue weighted by Gasteiger charge is 2.40. The highest BCUT2D eigenvalue weighted by atomic mass is 127. The highest BCUT2D eigenvalue weighted by molar-refractivity contribution is 14.0. The van der Waals surface area contributed by atoms with Crippen LogP contribution >= 0.6 is 24.0 Å². The van der Waals surface area contributed by atoms with Crippen LogP contribution in [0.25, 0.3) is 0 Å². The van der Waals surface area contributed by atoms with Gasteiger partial charge in [0.25, 0.3) is 0 Å². The lowest BCUT2D eigenvalue weighted by Gasteiger charge is -2.34. The molecular weight excluding hydrogens is 489 g/mol. The summed E-state index contributed by atoms with van der Waals surface area (Å²) in [6.07, 6.45) is 10.7. The summed E-state index contributed by atoms with van der Waals surface area (Å²) in [6, 6.07) is 0.524. The normalized spacial score (nSPS) is 30.4. The number of hydrogen-bond acceptors (Lipinski definition) is 4. The maximum absolute atomic E-state index is 11.8. The van der Waals surface area contributed by atoms with E-state index in [0.717, 1.165) is 51.5 Å². The molecule has 1 spiro atoms. The molecule has 0 aromatic heterocycles. The van der Waals surface area contributed by atoms with Gasteiger partial charge in [0.15, 0.2) is 15.8 Å². The summed E-state index contributed by atoms with van der Waals surface area (Å²) in [5.41, 5.74) is 0.393. The monoisotopic (exact) mass is 525 g/mol. The van der Waals surface area contributed by atoms with Gasteiger partial charge in [-0.2, -0.15) is 0 Å². The molecule has 0 amide bonds. The molecule has 0 aromatic carbocycles. The van der Waals surface area contributed by atoms with Gasteiger partial charge in [-0.3, -0.25) is 4.99 Å². The highest BCUT2D eigenvalue weighted by Crippen LogP contribution is 2.39. The van der Waals surface area contributed by atoms with E-state index in [2.05, 4.69) is 10.2 Å². The number of halogens is 1. The van der Waals surface area contributed by atoms with Crippen molar-refractivity contribution < 1.29 is 13.2 Å². The molecule has 162 valence electrons. The molecule has 4 fully saturated rings. The largest absolute Gasteiger partial charge is 0.381 e. The number of ether oxygens (including phenoxy) is 1. The van der Waals surface area contributed by atoms with Crippen molar-refractivity contribution >= 4 is 39.8 Å². The minimum absolute atomic E-state index is 0. The van der Waals surface area contributed by atoms with Gasteiger partial charge < -0.3 is 15.0 Å². The Hall–Kier alpha value is -0.0900. The maximum atomic E-state index is 11.8. The fraction of sp³-hybridized carbons (Fsp3) is 0.950. The Bertz CT molecular complexity index is 643. The standard InChI is InChI=1S/C20H35N3O3S.HI/c24-27(25)13-6-17(15-27)14-21-19(22-18-4-2-1-3-5-18)23-10-7-20(16-23)8-11-26-12-9-20;/h17-18H,1-16H2,(H,21,22);1H. The SMILES string of the molecule is I.O=S1(=O)CCC(CN=C(NC2CCCCC2)N2CCC3(CCOCC3)C2)C1. The first-order chi connectivity index (χ1) is 13.0. The topological polar surface area (TPSA) is 71.0 Å². The van der Waals surface area contributed by atoms with Crippen LogP contribution in [0.2, 0.25) is 0 Å². The second-order valence-electron chi connectivity index (χ2n) is 9.20. The second kappa shape index (κ2) is 9.81.